The van der Waals surface area contributed by atoms with E-state index in [1.54, 1.807) is 0 Å². The molecule has 22 heavy (non-hydrogen) atoms. The molecule has 1 aliphatic heterocycles. The van der Waals surface area contributed by atoms with Crippen molar-refractivity contribution < 1.29 is 4.74 Å². The van der Waals surface area contributed by atoms with Crippen LogP contribution in [0.1, 0.15) is 29.7 Å². The van der Waals surface area contributed by atoms with Crippen LogP contribution in [0.3, 0.4) is 0 Å². The van der Waals surface area contributed by atoms with Crippen LogP contribution < -0.4 is 5.32 Å². The highest BCUT2D eigenvalue weighted by Crippen LogP contribution is 2.25. The van der Waals surface area contributed by atoms with Crippen molar-refractivity contribution in [1.29, 1.82) is 0 Å². The number of morpholine rings is 1. The van der Waals surface area contributed by atoms with E-state index in [-0.39, 0.29) is 6.10 Å². The number of hydrogen-bond donors (Lipinski definition) is 1. The number of hydrogen-bond acceptors (Lipinski definition) is 2. The minimum Gasteiger partial charge on any atom is -0.370 e. The summed E-state index contributed by atoms with van der Waals surface area (Å²) >= 11 is 0. The molecule has 1 aromatic carbocycles. The van der Waals surface area contributed by atoms with Gasteiger partial charge in [-0.1, -0.05) is 29.8 Å². The van der Waals surface area contributed by atoms with Crippen LogP contribution in [0.5, 0.6) is 0 Å². The Kier molecular flexibility index (Phi) is 6.01. The minimum atomic E-state index is 0.0990. The van der Waals surface area contributed by atoms with E-state index >= 15 is 0 Å². The Balaban J connectivity index is 2.14. The SMILES string of the molecule is C=CCN=C(NCC)N1CCOC(c2ccc(C)cc2C)C1. The van der Waals surface area contributed by atoms with Gasteiger partial charge in [0.1, 0.15) is 6.10 Å². The lowest BCUT2D eigenvalue weighted by atomic mass is 10.00. The highest BCUT2D eigenvalue weighted by Gasteiger charge is 2.25. The first-order valence-corrected chi connectivity index (χ1v) is 7.98. The van der Waals surface area contributed by atoms with Gasteiger partial charge in [0.25, 0.3) is 0 Å². The van der Waals surface area contributed by atoms with Crippen molar-refractivity contribution in [2.75, 3.05) is 32.8 Å². The normalized spacial score (nSPS) is 19.1. The number of aryl methyl sites for hydroxylation is 2. The van der Waals surface area contributed by atoms with Crippen LogP contribution in [0.25, 0.3) is 0 Å². The van der Waals surface area contributed by atoms with Crippen LogP contribution in [-0.2, 0) is 4.74 Å². The molecule has 1 aromatic rings. The molecule has 0 bridgehead atoms. The molecule has 0 aliphatic carbocycles. The predicted molar refractivity (Wildman–Crippen MR) is 92.4 cm³/mol. The lowest BCUT2D eigenvalue weighted by molar-refractivity contribution is -0.00831. The van der Waals surface area contributed by atoms with Gasteiger partial charge in [-0.2, -0.15) is 0 Å². The number of benzene rings is 1. The van der Waals surface area contributed by atoms with E-state index in [4.69, 9.17) is 4.74 Å². The van der Waals surface area contributed by atoms with Crippen molar-refractivity contribution in [2.24, 2.45) is 4.99 Å². The molecular weight excluding hydrogens is 274 g/mol. The van der Waals surface area contributed by atoms with Gasteiger partial charge in [-0.15, -0.1) is 6.58 Å². The molecule has 120 valence electrons. The standard InChI is InChI=1S/C18H27N3O/c1-5-9-20-18(19-6-2)21-10-11-22-17(13-21)16-8-7-14(3)12-15(16)4/h5,7-8,12,17H,1,6,9-11,13H2,2-4H3,(H,19,20). The van der Waals surface area contributed by atoms with Gasteiger partial charge in [0.15, 0.2) is 5.96 Å². The van der Waals surface area contributed by atoms with Gasteiger partial charge in [0, 0.05) is 13.1 Å². The number of aliphatic imine (C=N–C) groups is 1. The molecule has 4 nitrogen and oxygen atoms in total. The Morgan fingerprint density at radius 2 is 2.32 bits per heavy atom. The average molecular weight is 301 g/mol. The number of guanidine groups is 1. The molecule has 0 spiro atoms. The molecule has 2 rings (SSSR count). The van der Waals surface area contributed by atoms with E-state index in [2.05, 4.69) is 60.8 Å². The summed E-state index contributed by atoms with van der Waals surface area (Å²) in [5.41, 5.74) is 3.85. The fraction of sp³-hybridized carbons (Fsp3) is 0.500. The maximum atomic E-state index is 6.00. The van der Waals surface area contributed by atoms with Gasteiger partial charge in [0.05, 0.1) is 19.7 Å². The Labute approximate surface area is 133 Å². The van der Waals surface area contributed by atoms with E-state index in [1.807, 2.05) is 6.08 Å². The molecule has 1 fully saturated rings. The first-order chi connectivity index (χ1) is 10.7. The molecule has 4 heteroatoms. The van der Waals surface area contributed by atoms with Gasteiger partial charge < -0.3 is 15.0 Å². The molecule has 0 aromatic heterocycles. The monoisotopic (exact) mass is 301 g/mol. The molecule has 1 unspecified atom stereocenters. The zero-order valence-corrected chi connectivity index (χ0v) is 13.9. The molecule has 0 saturated carbocycles. The van der Waals surface area contributed by atoms with Crippen LogP contribution in [0.4, 0.5) is 0 Å². The summed E-state index contributed by atoms with van der Waals surface area (Å²) < 4.78 is 6.00. The van der Waals surface area contributed by atoms with Crippen LogP contribution >= 0.6 is 0 Å². The van der Waals surface area contributed by atoms with Gasteiger partial charge in [-0.25, -0.2) is 4.99 Å². The Hall–Kier alpha value is -1.81. The van der Waals surface area contributed by atoms with Crippen LogP contribution in [0.15, 0.2) is 35.8 Å². The number of nitrogens with zero attached hydrogens (tertiary/aromatic N) is 2. The summed E-state index contributed by atoms with van der Waals surface area (Å²) in [6.45, 7) is 14.0. The second kappa shape index (κ2) is 7.99. The van der Waals surface area contributed by atoms with Crippen LogP contribution in [-0.4, -0.2) is 43.6 Å². The summed E-state index contributed by atoms with van der Waals surface area (Å²) in [6, 6.07) is 6.56. The van der Waals surface area contributed by atoms with Crippen molar-refractivity contribution in [2.45, 2.75) is 26.9 Å². The van der Waals surface area contributed by atoms with Crippen molar-refractivity contribution in [3.63, 3.8) is 0 Å². The molecule has 1 N–H and O–H groups in total. The van der Waals surface area contributed by atoms with Gasteiger partial charge in [-0.05, 0) is 31.9 Å². The number of ether oxygens (including phenoxy) is 1. The van der Waals surface area contributed by atoms with Gasteiger partial charge >= 0.3 is 0 Å². The van der Waals surface area contributed by atoms with E-state index in [0.29, 0.717) is 6.54 Å². The first kappa shape index (κ1) is 16.6. The number of rotatable bonds is 4. The highest BCUT2D eigenvalue weighted by atomic mass is 16.5. The zero-order valence-electron chi connectivity index (χ0n) is 13.9. The lowest BCUT2D eigenvalue weighted by Gasteiger charge is -2.35. The fourth-order valence-corrected chi connectivity index (χ4v) is 2.79. The molecule has 1 aliphatic rings. The maximum Gasteiger partial charge on any atom is 0.194 e. The summed E-state index contributed by atoms with van der Waals surface area (Å²) in [7, 11) is 0. The summed E-state index contributed by atoms with van der Waals surface area (Å²) in [5, 5.41) is 3.36. The van der Waals surface area contributed by atoms with E-state index in [1.165, 1.54) is 16.7 Å². The second-order valence-corrected chi connectivity index (χ2v) is 5.65. The summed E-state index contributed by atoms with van der Waals surface area (Å²) in [5.74, 6) is 0.945. The molecule has 1 saturated heterocycles. The van der Waals surface area contributed by atoms with E-state index in [9.17, 15) is 0 Å². The van der Waals surface area contributed by atoms with Gasteiger partial charge in [-0.3, -0.25) is 0 Å². The predicted octanol–water partition coefficient (Wildman–Crippen LogP) is 2.83. The summed E-state index contributed by atoms with van der Waals surface area (Å²) in [4.78, 5) is 6.86. The summed E-state index contributed by atoms with van der Waals surface area (Å²) in [6.07, 6.45) is 1.92. The van der Waals surface area contributed by atoms with Crippen molar-refractivity contribution >= 4 is 5.96 Å². The molecule has 1 atom stereocenters. The van der Waals surface area contributed by atoms with E-state index < -0.39 is 0 Å². The minimum absolute atomic E-state index is 0.0990. The Bertz CT molecular complexity index is 539. The fourth-order valence-electron chi connectivity index (χ4n) is 2.79. The molecular formula is C18H27N3O. The third-order valence-corrected chi connectivity index (χ3v) is 3.84. The first-order valence-electron chi connectivity index (χ1n) is 7.98. The Morgan fingerprint density at radius 3 is 3.00 bits per heavy atom. The lowest BCUT2D eigenvalue weighted by Crippen LogP contribution is -2.48. The van der Waals surface area contributed by atoms with Crippen LogP contribution in [0, 0.1) is 13.8 Å². The Morgan fingerprint density at radius 1 is 1.50 bits per heavy atom. The topological polar surface area (TPSA) is 36.9 Å². The van der Waals surface area contributed by atoms with Crippen molar-refractivity contribution in [3.05, 3.63) is 47.5 Å². The van der Waals surface area contributed by atoms with Crippen molar-refractivity contribution in [1.82, 2.24) is 10.2 Å². The number of nitrogens with one attached hydrogen (secondary N) is 1. The molecule has 0 amide bonds. The van der Waals surface area contributed by atoms with Crippen molar-refractivity contribution in [3.8, 4) is 0 Å². The van der Waals surface area contributed by atoms with Crippen LogP contribution in [0.2, 0.25) is 0 Å². The molecule has 0 radical (unpaired) electrons. The smallest absolute Gasteiger partial charge is 0.194 e. The van der Waals surface area contributed by atoms with E-state index in [0.717, 1.165) is 32.2 Å². The van der Waals surface area contributed by atoms with Gasteiger partial charge in [0.2, 0.25) is 0 Å². The third kappa shape index (κ3) is 4.10. The molecule has 1 heterocycles. The second-order valence-electron chi connectivity index (χ2n) is 5.65. The quantitative estimate of drug-likeness (QED) is 0.528. The third-order valence-electron chi connectivity index (χ3n) is 3.84. The largest absolute Gasteiger partial charge is 0.370 e. The zero-order chi connectivity index (χ0) is 15.9. The average Bonchev–Trinajstić information content (AvgIpc) is 2.51. The highest BCUT2D eigenvalue weighted by molar-refractivity contribution is 5.80. The maximum absolute atomic E-state index is 6.00.